The Hall–Kier alpha value is -2.75. The molecule has 0 spiro atoms. The van der Waals surface area contributed by atoms with Gasteiger partial charge in [0.05, 0.1) is 7.11 Å². The molecule has 0 saturated heterocycles. The number of rotatable bonds is 5. The number of ether oxygens (including phenoxy) is 3. The Morgan fingerprint density at radius 1 is 1.07 bits per heavy atom. The first kappa shape index (κ1) is 19.0. The number of carbonyl (C=O) groups excluding carboxylic acids is 1. The molecule has 4 heteroatoms. The van der Waals surface area contributed by atoms with E-state index in [1.165, 1.54) is 12.5 Å². The number of hydrogen-bond donors (Lipinski definition) is 0. The van der Waals surface area contributed by atoms with Crippen molar-refractivity contribution >= 4 is 17.1 Å². The highest BCUT2D eigenvalue weighted by Gasteiger charge is 2.41. The third kappa shape index (κ3) is 3.32. The molecule has 1 heterocycles. The first-order chi connectivity index (χ1) is 13.0. The number of esters is 1. The predicted octanol–water partition coefficient (Wildman–Crippen LogP) is 5.50. The first-order valence-electron chi connectivity index (χ1n) is 9.32. The highest BCUT2D eigenvalue weighted by molar-refractivity contribution is 5.97. The highest BCUT2D eigenvalue weighted by Crippen LogP contribution is 2.51. The zero-order valence-electron chi connectivity index (χ0n) is 16.6. The number of allylic oxidation sites excluding steroid dienone is 1. The van der Waals surface area contributed by atoms with Crippen LogP contribution in [-0.4, -0.2) is 18.7 Å². The van der Waals surface area contributed by atoms with E-state index in [4.69, 9.17) is 14.2 Å². The summed E-state index contributed by atoms with van der Waals surface area (Å²) in [7, 11) is 1.67. The van der Waals surface area contributed by atoms with Gasteiger partial charge in [-0.2, -0.15) is 0 Å². The van der Waals surface area contributed by atoms with E-state index in [1.807, 2.05) is 24.3 Å². The first-order valence-corrected chi connectivity index (χ1v) is 9.32. The van der Waals surface area contributed by atoms with Crippen LogP contribution >= 0.6 is 0 Å². The van der Waals surface area contributed by atoms with Gasteiger partial charge in [-0.25, -0.2) is 0 Å². The molecule has 0 atom stereocenters. The zero-order chi connectivity index (χ0) is 19.6. The lowest BCUT2D eigenvalue weighted by atomic mass is 9.77. The Morgan fingerprint density at radius 2 is 1.74 bits per heavy atom. The summed E-state index contributed by atoms with van der Waals surface area (Å²) in [5, 5.41) is 0. The summed E-state index contributed by atoms with van der Waals surface area (Å²) in [5.74, 6) is 1.59. The molecule has 142 valence electrons. The molecular formula is C23H26O4. The lowest BCUT2D eigenvalue weighted by Crippen LogP contribution is -2.39. The van der Waals surface area contributed by atoms with Gasteiger partial charge in [-0.15, -0.1) is 0 Å². The van der Waals surface area contributed by atoms with Gasteiger partial charge < -0.3 is 14.2 Å². The summed E-state index contributed by atoms with van der Waals surface area (Å²) in [6.07, 6.45) is 1.60. The van der Waals surface area contributed by atoms with Crippen LogP contribution in [0.3, 0.4) is 0 Å². The highest BCUT2D eigenvalue weighted by atomic mass is 16.6. The number of fused-ring (bicyclic) bond motifs is 1. The molecular weight excluding hydrogens is 340 g/mol. The molecule has 0 radical (unpaired) electrons. The maximum Gasteiger partial charge on any atom is 0.308 e. The number of carbonyl (C=O) groups is 1. The van der Waals surface area contributed by atoms with Crippen LogP contribution in [0.5, 0.6) is 17.2 Å². The minimum Gasteiger partial charge on any atom is -0.497 e. The van der Waals surface area contributed by atoms with E-state index in [9.17, 15) is 4.79 Å². The number of benzene rings is 2. The number of methoxy groups -OCH3 is 1. The van der Waals surface area contributed by atoms with Crippen molar-refractivity contribution in [1.29, 1.82) is 0 Å². The van der Waals surface area contributed by atoms with E-state index < -0.39 is 5.60 Å². The molecule has 27 heavy (non-hydrogen) atoms. The van der Waals surface area contributed by atoms with Crippen molar-refractivity contribution in [2.24, 2.45) is 0 Å². The molecule has 0 fully saturated rings. The number of para-hydroxylation sites is 1. The van der Waals surface area contributed by atoms with Crippen LogP contribution < -0.4 is 14.2 Å². The maximum atomic E-state index is 11.5. The summed E-state index contributed by atoms with van der Waals surface area (Å²) in [4.78, 5) is 11.5. The standard InChI is InChI=1S/C23H26O4/c1-6-23(7-2)21(17-11-13-18(25-5)14-12-17)15(3)19-9-8-10-20(22(19)27-23)26-16(4)24/h8-14H,6-7H2,1-5H3. The molecule has 0 saturated carbocycles. The lowest BCUT2D eigenvalue weighted by Gasteiger charge is -2.41. The van der Waals surface area contributed by atoms with Crippen molar-refractivity contribution in [2.45, 2.75) is 46.1 Å². The van der Waals surface area contributed by atoms with Crippen LogP contribution in [0.25, 0.3) is 11.1 Å². The van der Waals surface area contributed by atoms with Crippen molar-refractivity contribution in [3.63, 3.8) is 0 Å². The van der Waals surface area contributed by atoms with Crippen LogP contribution in [0.1, 0.15) is 51.7 Å². The van der Waals surface area contributed by atoms with Crippen molar-refractivity contribution in [3.8, 4) is 17.2 Å². The van der Waals surface area contributed by atoms with Crippen LogP contribution in [0, 0.1) is 0 Å². The van der Waals surface area contributed by atoms with E-state index >= 15 is 0 Å². The molecule has 4 nitrogen and oxygen atoms in total. The van der Waals surface area contributed by atoms with Gasteiger partial charge in [0.25, 0.3) is 0 Å². The van der Waals surface area contributed by atoms with Crippen LogP contribution in [0.15, 0.2) is 42.5 Å². The van der Waals surface area contributed by atoms with E-state index in [1.54, 1.807) is 13.2 Å². The molecule has 1 aliphatic rings. The third-order valence-electron chi connectivity index (χ3n) is 5.29. The molecule has 3 rings (SSSR count). The van der Waals surface area contributed by atoms with Crippen LogP contribution in [-0.2, 0) is 4.79 Å². The van der Waals surface area contributed by atoms with Crippen LogP contribution in [0.2, 0.25) is 0 Å². The minimum absolute atomic E-state index is 0.354. The summed E-state index contributed by atoms with van der Waals surface area (Å²) < 4.78 is 17.3. The smallest absolute Gasteiger partial charge is 0.308 e. The van der Waals surface area contributed by atoms with Crippen LogP contribution in [0.4, 0.5) is 0 Å². The Balaban J connectivity index is 2.23. The summed E-state index contributed by atoms with van der Waals surface area (Å²) in [6.45, 7) is 7.76. The second kappa shape index (κ2) is 7.47. The van der Waals surface area contributed by atoms with Gasteiger partial charge in [-0.05, 0) is 49.1 Å². The van der Waals surface area contributed by atoms with Crippen molar-refractivity contribution in [3.05, 3.63) is 53.6 Å². The fraction of sp³-hybridized carbons (Fsp3) is 0.348. The van der Waals surface area contributed by atoms with Gasteiger partial charge in [-0.1, -0.05) is 38.1 Å². The van der Waals surface area contributed by atoms with Gasteiger partial charge in [0.1, 0.15) is 11.4 Å². The van der Waals surface area contributed by atoms with E-state index in [0.717, 1.165) is 35.3 Å². The van der Waals surface area contributed by atoms with Crippen molar-refractivity contribution < 1.29 is 19.0 Å². The third-order valence-corrected chi connectivity index (χ3v) is 5.29. The van der Waals surface area contributed by atoms with Crippen molar-refractivity contribution in [2.75, 3.05) is 7.11 Å². The fourth-order valence-electron chi connectivity index (χ4n) is 3.86. The predicted molar refractivity (Wildman–Crippen MR) is 107 cm³/mol. The number of hydrogen-bond acceptors (Lipinski definition) is 4. The topological polar surface area (TPSA) is 44.8 Å². The van der Waals surface area contributed by atoms with Gasteiger partial charge in [0, 0.05) is 18.1 Å². The Morgan fingerprint density at radius 3 is 2.30 bits per heavy atom. The SMILES string of the molecule is CCC1(CC)Oc2c(OC(C)=O)cccc2C(C)=C1c1ccc(OC)cc1. The summed E-state index contributed by atoms with van der Waals surface area (Å²) in [5.41, 5.74) is 3.89. The second-order valence-corrected chi connectivity index (χ2v) is 6.76. The normalized spacial score (nSPS) is 15.0. The minimum atomic E-state index is -0.484. The Labute approximate surface area is 160 Å². The summed E-state index contributed by atoms with van der Waals surface area (Å²) in [6, 6.07) is 13.8. The van der Waals surface area contributed by atoms with E-state index in [-0.39, 0.29) is 5.97 Å². The lowest BCUT2D eigenvalue weighted by molar-refractivity contribution is -0.132. The van der Waals surface area contributed by atoms with E-state index in [2.05, 4.69) is 32.9 Å². The molecule has 0 bridgehead atoms. The molecule has 0 N–H and O–H groups in total. The Bertz CT molecular complexity index is 874. The summed E-state index contributed by atoms with van der Waals surface area (Å²) >= 11 is 0. The largest absolute Gasteiger partial charge is 0.497 e. The second-order valence-electron chi connectivity index (χ2n) is 6.76. The molecule has 0 amide bonds. The average molecular weight is 366 g/mol. The molecule has 0 unspecified atom stereocenters. The Kier molecular flexibility index (Phi) is 5.26. The van der Waals surface area contributed by atoms with Crippen molar-refractivity contribution in [1.82, 2.24) is 0 Å². The molecule has 1 aliphatic heterocycles. The average Bonchev–Trinajstić information content (AvgIpc) is 2.68. The van der Waals surface area contributed by atoms with E-state index in [0.29, 0.717) is 11.5 Å². The quantitative estimate of drug-likeness (QED) is 0.517. The monoisotopic (exact) mass is 366 g/mol. The maximum absolute atomic E-state index is 11.5. The zero-order valence-corrected chi connectivity index (χ0v) is 16.6. The fourth-order valence-corrected chi connectivity index (χ4v) is 3.86. The van der Waals surface area contributed by atoms with Gasteiger partial charge in [0.2, 0.25) is 0 Å². The molecule has 2 aromatic rings. The van der Waals surface area contributed by atoms with Gasteiger partial charge >= 0.3 is 5.97 Å². The van der Waals surface area contributed by atoms with Gasteiger partial charge in [-0.3, -0.25) is 4.79 Å². The molecule has 0 aliphatic carbocycles. The van der Waals surface area contributed by atoms with Gasteiger partial charge in [0.15, 0.2) is 11.5 Å². The molecule has 2 aromatic carbocycles. The molecule has 0 aromatic heterocycles.